The second-order valence-corrected chi connectivity index (χ2v) is 10.3. The standard InChI is InChI=1S/C26H33Cl2N7O3/c1-34-7-9-35(10-8-34)6-5-29-25-24-16(14-30-26(33-24)31-17-4-11-38-15-17)12-18(32-25)21-22(27)19(36-2)13-20(37-3)23(21)28/h12-14,17H,4-11,15H2,1-3H3,(H,29,32)(H,30,31,33). The molecule has 0 amide bonds. The second kappa shape index (κ2) is 12.0. The Bertz CT molecular complexity index is 1250. The first-order chi connectivity index (χ1) is 18.5. The number of anilines is 2. The lowest BCUT2D eigenvalue weighted by Gasteiger charge is -2.32. The SMILES string of the molecule is COc1cc(OC)c(Cl)c(-c2cc3cnc(NC4CCOC4)nc3c(NCCN3CCN(C)CC3)n2)c1Cl. The average molecular weight is 563 g/mol. The van der Waals surface area contributed by atoms with Crippen LogP contribution in [0.5, 0.6) is 11.5 Å². The van der Waals surface area contributed by atoms with E-state index >= 15 is 0 Å². The van der Waals surface area contributed by atoms with E-state index in [4.69, 9.17) is 47.4 Å². The van der Waals surface area contributed by atoms with Crippen LogP contribution in [0.1, 0.15) is 6.42 Å². The summed E-state index contributed by atoms with van der Waals surface area (Å²) in [4.78, 5) is 19.1. The minimum atomic E-state index is 0.190. The molecule has 4 heterocycles. The molecule has 1 atom stereocenters. The van der Waals surface area contributed by atoms with Gasteiger partial charge in [0.25, 0.3) is 0 Å². The number of hydrogen-bond donors (Lipinski definition) is 2. The molecule has 2 saturated heterocycles. The van der Waals surface area contributed by atoms with E-state index in [1.807, 2.05) is 6.07 Å². The lowest BCUT2D eigenvalue weighted by molar-refractivity contribution is 0.158. The van der Waals surface area contributed by atoms with Crippen LogP contribution in [0.25, 0.3) is 22.2 Å². The van der Waals surface area contributed by atoms with Crippen LogP contribution in [0.2, 0.25) is 10.0 Å². The fourth-order valence-corrected chi connectivity index (χ4v) is 5.40. The van der Waals surface area contributed by atoms with Crippen LogP contribution >= 0.6 is 23.2 Å². The third-order valence-electron chi connectivity index (χ3n) is 6.97. The van der Waals surface area contributed by atoms with E-state index in [9.17, 15) is 0 Å². The minimum Gasteiger partial charge on any atom is -0.495 e. The lowest BCUT2D eigenvalue weighted by atomic mass is 10.1. The number of ether oxygens (including phenoxy) is 3. The van der Waals surface area contributed by atoms with Crippen LogP contribution < -0.4 is 20.1 Å². The monoisotopic (exact) mass is 561 g/mol. The zero-order valence-corrected chi connectivity index (χ0v) is 23.4. The van der Waals surface area contributed by atoms with Gasteiger partial charge in [-0.15, -0.1) is 0 Å². The van der Waals surface area contributed by atoms with E-state index in [0.29, 0.717) is 63.2 Å². The van der Waals surface area contributed by atoms with Crippen LogP contribution in [-0.2, 0) is 4.74 Å². The van der Waals surface area contributed by atoms with Gasteiger partial charge in [0.15, 0.2) is 5.82 Å². The molecule has 2 aliphatic heterocycles. The van der Waals surface area contributed by atoms with Gasteiger partial charge in [-0.1, -0.05) is 23.2 Å². The quantitative estimate of drug-likeness (QED) is 0.400. The highest BCUT2D eigenvalue weighted by molar-refractivity contribution is 6.41. The summed E-state index contributed by atoms with van der Waals surface area (Å²) in [5.74, 6) is 2.07. The predicted octanol–water partition coefficient (Wildman–Crippen LogP) is 3.88. The number of nitrogens with one attached hydrogen (secondary N) is 2. The molecule has 2 fully saturated rings. The van der Waals surface area contributed by atoms with Gasteiger partial charge in [-0.3, -0.25) is 4.90 Å². The van der Waals surface area contributed by atoms with E-state index < -0.39 is 0 Å². The van der Waals surface area contributed by atoms with Crippen LogP contribution in [0.3, 0.4) is 0 Å². The van der Waals surface area contributed by atoms with Crippen LogP contribution in [0.4, 0.5) is 11.8 Å². The number of hydrogen-bond acceptors (Lipinski definition) is 10. The summed E-state index contributed by atoms with van der Waals surface area (Å²) >= 11 is 13.5. The number of halogens is 2. The molecule has 0 aliphatic carbocycles. The lowest BCUT2D eigenvalue weighted by Crippen LogP contribution is -2.45. The zero-order chi connectivity index (χ0) is 26.6. The van der Waals surface area contributed by atoms with E-state index in [0.717, 1.165) is 51.1 Å². The molecule has 0 bridgehead atoms. The molecule has 204 valence electrons. The first kappa shape index (κ1) is 27.0. The number of aromatic nitrogens is 3. The molecule has 0 radical (unpaired) electrons. The van der Waals surface area contributed by atoms with Crippen molar-refractivity contribution in [3.63, 3.8) is 0 Å². The third-order valence-corrected chi connectivity index (χ3v) is 7.73. The van der Waals surface area contributed by atoms with Crippen molar-refractivity contribution in [2.75, 3.05) is 84.4 Å². The number of fused-ring (bicyclic) bond motifs is 1. The molecule has 1 aromatic carbocycles. The molecule has 1 unspecified atom stereocenters. The summed E-state index contributed by atoms with van der Waals surface area (Å²) in [5, 5.41) is 8.41. The molecule has 2 aromatic heterocycles. The number of pyridine rings is 1. The Kier molecular flexibility index (Phi) is 8.54. The Hall–Kier alpha value is -2.63. The molecule has 10 nitrogen and oxygen atoms in total. The molecule has 38 heavy (non-hydrogen) atoms. The Balaban J connectivity index is 1.51. The highest BCUT2D eigenvalue weighted by Crippen LogP contribution is 2.46. The van der Waals surface area contributed by atoms with Gasteiger partial charge in [0, 0.05) is 69.1 Å². The van der Waals surface area contributed by atoms with Crippen molar-refractivity contribution >= 4 is 45.9 Å². The third kappa shape index (κ3) is 5.84. The highest BCUT2D eigenvalue weighted by Gasteiger charge is 2.23. The normalized spacial score (nSPS) is 18.6. The van der Waals surface area contributed by atoms with E-state index in [1.165, 1.54) is 0 Å². The fraction of sp³-hybridized carbons (Fsp3) is 0.500. The van der Waals surface area contributed by atoms with Crippen LogP contribution in [0.15, 0.2) is 18.3 Å². The van der Waals surface area contributed by atoms with E-state index in [2.05, 4.69) is 32.5 Å². The van der Waals surface area contributed by atoms with Gasteiger partial charge in [-0.05, 0) is 19.5 Å². The average Bonchev–Trinajstić information content (AvgIpc) is 3.43. The van der Waals surface area contributed by atoms with E-state index in [1.54, 1.807) is 26.5 Å². The number of likely N-dealkylation sites (N-methyl/N-ethyl adjacent to an activating group) is 1. The van der Waals surface area contributed by atoms with Crippen molar-refractivity contribution in [3.05, 3.63) is 28.4 Å². The maximum absolute atomic E-state index is 6.73. The van der Waals surface area contributed by atoms with Gasteiger partial charge in [0.2, 0.25) is 5.95 Å². The maximum Gasteiger partial charge on any atom is 0.223 e. The Morgan fingerprint density at radius 1 is 1.05 bits per heavy atom. The Morgan fingerprint density at radius 3 is 2.45 bits per heavy atom. The maximum atomic E-state index is 6.73. The number of piperazine rings is 1. The summed E-state index contributed by atoms with van der Waals surface area (Å²) in [6.07, 6.45) is 2.71. The Labute approximate surface area is 232 Å². The number of rotatable bonds is 9. The zero-order valence-electron chi connectivity index (χ0n) is 21.9. The number of nitrogens with zero attached hydrogens (tertiary/aromatic N) is 5. The van der Waals surface area contributed by atoms with Gasteiger partial charge in [0.05, 0.1) is 42.6 Å². The molecular weight excluding hydrogens is 529 g/mol. The smallest absolute Gasteiger partial charge is 0.223 e. The van der Waals surface area contributed by atoms with Crippen LogP contribution in [0, 0.1) is 0 Å². The molecule has 0 saturated carbocycles. The van der Waals surface area contributed by atoms with Crippen molar-refractivity contribution < 1.29 is 14.2 Å². The van der Waals surface area contributed by atoms with Gasteiger partial charge in [0.1, 0.15) is 17.0 Å². The second-order valence-electron chi connectivity index (χ2n) is 9.55. The minimum absolute atomic E-state index is 0.190. The molecular formula is C26H33Cl2N7O3. The molecule has 12 heteroatoms. The Morgan fingerprint density at radius 2 is 1.79 bits per heavy atom. The highest BCUT2D eigenvalue weighted by atomic mass is 35.5. The summed E-state index contributed by atoms with van der Waals surface area (Å²) in [5.41, 5.74) is 1.81. The molecule has 2 N–H and O–H groups in total. The fourth-order valence-electron chi connectivity index (χ4n) is 4.71. The molecule has 0 spiro atoms. The van der Waals surface area contributed by atoms with Crippen molar-refractivity contribution in [2.45, 2.75) is 12.5 Å². The first-order valence-corrected chi connectivity index (χ1v) is 13.5. The van der Waals surface area contributed by atoms with Crippen molar-refractivity contribution in [1.29, 1.82) is 0 Å². The number of methoxy groups -OCH3 is 2. The van der Waals surface area contributed by atoms with Gasteiger partial charge < -0.3 is 29.7 Å². The molecule has 5 rings (SSSR count). The summed E-state index contributed by atoms with van der Waals surface area (Å²) in [6, 6.07) is 3.74. The molecule has 2 aliphatic rings. The van der Waals surface area contributed by atoms with Gasteiger partial charge in [-0.2, -0.15) is 0 Å². The van der Waals surface area contributed by atoms with Crippen molar-refractivity contribution in [1.82, 2.24) is 24.8 Å². The largest absolute Gasteiger partial charge is 0.495 e. The number of benzene rings is 1. The van der Waals surface area contributed by atoms with Crippen molar-refractivity contribution in [3.8, 4) is 22.8 Å². The van der Waals surface area contributed by atoms with Crippen molar-refractivity contribution in [2.24, 2.45) is 0 Å². The van der Waals surface area contributed by atoms with Gasteiger partial charge >= 0.3 is 0 Å². The van der Waals surface area contributed by atoms with Gasteiger partial charge in [-0.25, -0.2) is 15.0 Å². The first-order valence-electron chi connectivity index (χ1n) is 12.7. The summed E-state index contributed by atoms with van der Waals surface area (Å²) < 4.78 is 16.4. The topological polar surface area (TPSA) is 96.9 Å². The summed E-state index contributed by atoms with van der Waals surface area (Å²) in [7, 11) is 5.26. The molecule has 3 aromatic rings. The predicted molar refractivity (Wildman–Crippen MR) is 151 cm³/mol. The van der Waals surface area contributed by atoms with E-state index in [-0.39, 0.29) is 6.04 Å². The summed E-state index contributed by atoms with van der Waals surface area (Å²) in [6.45, 7) is 7.20. The van der Waals surface area contributed by atoms with Crippen LogP contribution in [-0.4, -0.2) is 105 Å².